The van der Waals surface area contributed by atoms with Crippen molar-refractivity contribution < 1.29 is 76.5 Å². The SMILES string of the molecule is C=C(CC(=O)OCCC(F)(F)C(F)(F)C(F)(F)C(F)(F)C(F)(F)C(F)(F)F)C(=O)O. The van der Waals surface area contributed by atoms with Crippen LogP contribution in [0.1, 0.15) is 12.8 Å². The number of halogens is 13. The first kappa shape index (κ1) is 27.8. The number of carbonyl (C=O) groups is 2. The summed E-state index contributed by atoms with van der Waals surface area (Å²) in [5, 5.41) is 8.36. The van der Waals surface area contributed by atoms with Crippen molar-refractivity contribution in [1.29, 1.82) is 0 Å². The van der Waals surface area contributed by atoms with Gasteiger partial charge in [-0.2, -0.15) is 57.1 Å². The molecule has 17 heteroatoms. The molecular weight excluding hydrogens is 467 g/mol. The molecule has 0 aromatic rings. The van der Waals surface area contributed by atoms with Crippen LogP contribution in [-0.2, 0) is 14.3 Å². The standard InChI is InChI=1S/C13H9F13O4/c1-5(7(28)29)4-6(27)30-3-2-8(14,15)9(16,17)10(18,19)11(20,21)12(22,23)13(24,25)26/h1-4H2,(H,28,29). The fourth-order valence-corrected chi connectivity index (χ4v) is 1.55. The fourth-order valence-electron chi connectivity index (χ4n) is 1.55. The summed E-state index contributed by atoms with van der Waals surface area (Å²) >= 11 is 0. The van der Waals surface area contributed by atoms with E-state index in [0.717, 1.165) is 0 Å². The zero-order valence-corrected chi connectivity index (χ0v) is 13.9. The minimum Gasteiger partial charge on any atom is -0.478 e. The molecule has 4 nitrogen and oxygen atoms in total. The van der Waals surface area contributed by atoms with Crippen LogP contribution in [0.4, 0.5) is 57.1 Å². The molecule has 176 valence electrons. The monoisotopic (exact) mass is 476 g/mol. The zero-order chi connectivity index (χ0) is 24.6. The van der Waals surface area contributed by atoms with E-state index in [2.05, 4.69) is 11.3 Å². The molecule has 0 saturated carbocycles. The van der Waals surface area contributed by atoms with Crippen LogP contribution in [0.15, 0.2) is 12.2 Å². The Balaban J connectivity index is 5.58. The minimum atomic E-state index is -8.01. The molecule has 0 aromatic heterocycles. The van der Waals surface area contributed by atoms with Crippen LogP contribution in [0.5, 0.6) is 0 Å². The highest BCUT2D eigenvalue weighted by Gasteiger charge is 2.90. The molecule has 0 amide bonds. The van der Waals surface area contributed by atoms with E-state index in [1.54, 1.807) is 0 Å². The van der Waals surface area contributed by atoms with Gasteiger partial charge in [0.05, 0.1) is 19.4 Å². The fraction of sp³-hybridized carbons (Fsp3) is 0.692. The quantitative estimate of drug-likeness (QED) is 0.283. The third-order valence-corrected chi connectivity index (χ3v) is 3.34. The Morgan fingerprint density at radius 2 is 1.13 bits per heavy atom. The normalized spacial score (nSPS) is 14.4. The van der Waals surface area contributed by atoms with Gasteiger partial charge in [0, 0.05) is 5.57 Å². The van der Waals surface area contributed by atoms with E-state index >= 15 is 0 Å². The number of aliphatic carboxylic acids is 1. The number of alkyl halides is 13. The number of rotatable bonds is 10. The van der Waals surface area contributed by atoms with Crippen LogP contribution < -0.4 is 0 Å². The molecule has 0 aliphatic rings. The molecule has 0 spiro atoms. The van der Waals surface area contributed by atoms with Gasteiger partial charge in [-0.3, -0.25) is 4.79 Å². The van der Waals surface area contributed by atoms with Crippen molar-refractivity contribution in [3.63, 3.8) is 0 Å². The van der Waals surface area contributed by atoms with Crippen molar-refractivity contribution in [3.05, 3.63) is 12.2 Å². The second kappa shape index (κ2) is 8.13. The summed E-state index contributed by atoms with van der Waals surface area (Å²) in [6.45, 7) is 0.826. The zero-order valence-electron chi connectivity index (χ0n) is 13.9. The molecule has 0 aliphatic heterocycles. The molecule has 0 unspecified atom stereocenters. The molecule has 1 N–H and O–H groups in total. The lowest BCUT2D eigenvalue weighted by molar-refractivity contribution is -0.440. The van der Waals surface area contributed by atoms with Crippen LogP contribution in [0.2, 0.25) is 0 Å². The first-order valence-corrected chi connectivity index (χ1v) is 7.00. The van der Waals surface area contributed by atoms with Crippen LogP contribution >= 0.6 is 0 Å². The predicted octanol–water partition coefficient (Wildman–Crippen LogP) is 4.69. The van der Waals surface area contributed by atoms with Gasteiger partial charge in [-0.05, 0) is 0 Å². The van der Waals surface area contributed by atoms with Gasteiger partial charge >= 0.3 is 47.7 Å². The van der Waals surface area contributed by atoms with E-state index in [1.165, 1.54) is 0 Å². The Labute approximate surface area is 157 Å². The summed E-state index contributed by atoms with van der Waals surface area (Å²) in [6, 6.07) is 0. The first-order chi connectivity index (χ1) is 13.0. The summed E-state index contributed by atoms with van der Waals surface area (Å²) in [5.74, 6) is -41.1. The molecule has 0 rings (SSSR count). The summed E-state index contributed by atoms with van der Waals surface area (Å²) in [4.78, 5) is 21.4. The summed E-state index contributed by atoms with van der Waals surface area (Å²) in [7, 11) is 0. The van der Waals surface area contributed by atoms with E-state index < -0.39 is 72.7 Å². The number of carbonyl (C=O) groups excluding carboxylic acids is 1. The van der Waals surface area contributed by atoms with Crippen LogP contribution in [0.3, 0.4) is 0 Å². The second-order valence-electron chi connectivity index (χ2n) is 5.56. The largest absolute Gasteiger partial charge is 0.478 e. The molecule has 0 radical (unpaired) electrons. The van der Waals surface area contributed by atoms with Crippen molar-refractivity contribution in [1.82, 2.24) is 0 Å². The molecule has 0 atom stereocenters. The predicted molar refractivity (Wildman–Crippen MR) is 67.8 cm³/mol. The van der Waals surface area contributed by atoms with Crippen molar-refractivity contribution in [2.24, 2.45) is 0 Å². The lowest BCUT2D eigenvalue weighted by atomic mass is 9.93. The molecule has 0 heterocycles. The minimum absolute atomic E-state index is 0.891. The van der Waals surface area contributed by atoms with E-state index in [1.807, 2.05) is 0 Å². The number of carboxylic acid groups (broad SMARTS) is 1. The molecule has 0 aromatic carbocycles. The maximum Gasteiger partial charge on any atom is 0.460 e. The summed E-state index contributed by atoms with van der Waals surface area (Å²) < 4.78 is 170. The maximum absolute atomic E-state index is 13.4. The topological polar surface area (TPSA) is 63.6 Å². The molecule has 0 aliphatic carbocycles. The van der Waals surface area contributed by atoms with Crippen LogP contribution in [-0.4, -0.2) is 59.4 Å². The number of ether oxygens (including phenoxy) is 1. The van der Waals surface area contributed by atoms with Gasteiger partial charge in [-0.25, -0.2) is 4.79 Å². The summed E-state index contributed by atoms with van der Waals surface area (Å²) in [5.41, 5.74) is -0.891. The highest BCUT2D eigenvalue weighted by Crippen LogP contribution is 2.60. The van der Waals surface area contributed by atoms with Crippen molar-refractivity contribution in [2.45, 2.75) is 48.6 Å². The molecule has 0 bridgehead atoms. The van der Waals surface area contributed by atoms with Gasteiger partial charge in [0.2, 0.25) is 0 Å². The van der Waals surface area contributed by atoms with Gasteiger partial charge < -0.3 is 9.84 Å². The van der Waals surface area contributed by atoms with Crippen molar-refractivity contribution >= 4 is 11.9 Å². The van der Waals surface area contributed by atoms with Gasteiger partial charge in [-0.1, -0.05) is 6.58 Å². The number of carboxylic acids is 1. The number of esters is 1. The average Bonchev–Trinajstić information content (AvgIpc) is 2.52. The van der Waals surface area contributed by atoms with E-state index in [4.69, 9.17) is 5.11 Å². The second-order valence-corrected chi connectivity index (χ2v) is 5.56. The summed E-state index contributed by atoms with van der Waals surface area (Å²) in [6.07, 6.45) is -11.4. The number of hydrogen-bond donors (Lipinski definition) is 1. The van der Waals surface area contributed by atoms with Crippen LogP contribution in [0.25, 0.3) is 0 Å². The third kappa shape index (κ3) is 4.74. The molecule has 30 heavy (non-hydrogen) atoms. The Morgan fingerprint density at radius 1 is 0.733 bits per heavy atom. The van der Waals surface area contributed by atoms with Crippen molar-refractivity contribution in [2.75, 3.05) is 6.61 Å². The van der Waals surface area contributed by atoms with Gasteiger partial charge in [0.25, 0.3) is 0 Å². The molecule has 0 saturated heterocycles. The van der Waals surface area contributed by atoms with E-state index in [-0.39, 0.29) is 0 Å². The average molecular weight is 476 g/mol. The Bertz CT molecular complexity index is 681. The highest BCUT2D eigenvalue weighted by atomic mass is 19.4. The molecular formula is C13H9F13O4. The molecule has 0 fully saturated rings. The van der Waals surface area contributed by atoms with Crippen LogP contribution in [0, 0.1) is 0 Å². The van der Waals surface area contributed by atoms with Gasteiger partial charge in [0.15, 0.2) is 0 Å². The van der Waals surface area contributed by atoms with Gasteiger partial charge in [-0.15, -0.1) is 0 Å². The van der Waals surface area contributed by atoms with Crippen molar-refractivity contribution in [3.8, 4) is 0 Å². The maximum atomic E-state index is 13.4. The Morgan fingerprint density at radius 3 is 1.50 bits per heavy atom. The lowest BCUT2D eigenvalue weighted by Crippen LogP contribution is -2.70. The van der Waals surface area contributed by atoms with E-state index in [0.29, 0.717) is 0 Å². The van der Waals surface area contributed by atoms with E-state index in [9.17, 15) is 66.7 Å². The lowest BCUT2D eigenvalue weighted by Gasteiger charge is -2.39. The highest BCUT2D eigenvalue weighted by molar-refractivity contribution is 5.91. The van der Waals surface area contributed by atoms with Gasteiger partial charge in [0.1, 0.15) is 0 Å². The Kier molecular flexibility index (Phi) is 7.52. The third-order valence-electron chi connectivity index (χ3n) is 3.34. The first-order valence-electron chi connectivity index (χ1n) is 7.00. The Hall–Kier alpha value is -2.23. The smallest absolute Gasteiger partial charge is 0.460 e. The number of hydrogen-bond acceptors (Lipinski definition) is 3.